The van der Waals surface area contributed by atoms with Gasteiger partial charge >= 0.3 is 0 Å². The summed E-state index contributed by atoms with van der Waals surface area (Å²) in [6.45, 7) is 2.52. The highest BCUT2D eigenvalue weighted by Crippen LogP contribution is 2.34. The van der Waals surface area contributed by atoms with Gasteiger partial charge in [0.15, 0.2) is 0 Å². The molecular formula is C8H7Cl2IO. The molecule has 0 amide bonds. The molecule has 12 heavy (non-hydrogen) atoms. The molecule has 0 heterocycles. The van der Waals surface area contributed by atoms with E-state index in [1.54, 1.807) is 12.1 Å². The Morgan fingerprint density at radius 3 is 2.67 bits per heavy atom. The number of rotatable bonds is 2. The summed E-state index contributed by atoms with van der Waals surface area (Å²) >= 11 is 13.9. The maximum absolute atomic E-state index is 5.96. The molecule has 0 fully saturated rings. The lowest BCUT2D eigenvalue weighted by Gasteiger charge is -2.07. The van der Waals surface area contributed by atoms with Crippen molar-refractivity contribution in [2.24, 2.45) is 0 Å². The summed E-state index contributed by atoms with van der Waals surface area (Å²) in [7, 11) is 0. The fourth-order valence-electron chi connectivity index (χ4n) is 0.775. The average molecular weight is 317 g/mol. The van der Waals surface area contributed by atoms with Gasteiger partial charge in [-0.1, -0.05) is 23.2 Å². The Bertz CT molecular complexity index is 289. The Morgan fingerprint density at radius 1 is 1.42 bits per heavy atom. The van der Waals surface area contributed by atoms with Gasteiger partial charge in [0, 0.05) is 0 Å². The van der Waals surface area contributed by atoms with Crippen LogP contribution in [0.4, 0.5) is 0 Å². The Morgan fingerprint density at radius 2 is 2.08 bits per heavy atom. The van der Waals surface area contributed by atoms with Crippen LogP contribution in [-0.4, -0.2) is 6.61 Å². The van der Waals surface area contributed by atoms with Crippen LogP contribution in [0.1, 0.15) is 6.92 Å². The van der Waals surface area contributed by atoms with Crippen LogP contribution in [0.25, 0.3) is 0 Å². The zero-order chi connectivity index (χ0) is 9.14. The summed E-state index contributed by atoms with van der Waals surface area (Å²) in [6.07, 6.45) is 0. The summed E-state index contributed by atoms with van der Waals surface area (Å²) in [4.78, 5) is 0. The highest BCUT2D eigenvalue weighted by Gasteiger charge is 2.07. The van der Waals surface area contributed by atoms with E-state index in [1.807, 2.05) is 6.92 Å². The quantitative estimate of drug-likeness (QED) is 0.592. The normalized spacial score (nSPS) is 10.0. The third-order valence-electron chi connectivity index (χ3n) is 1.30. The van der Waals surface area contributed by atoms with Crippen molar-refractivity contribution < 1.29 is 4.74 Å². The molecular weight excluding hydrogens is 310 g/mol. The van der Waals surface area contributed by atoms with E-state index < -0.39 is 0 Å². The van der Waals surface area contributed by atoms with Crippen LogP contribution in [0.2, 0.25) is 10.0 Å². The van der Waals surface area contributed by atoms with Gasteiger partial charge in [-0.15, -0.1) is 0 Å². The molecule has 4 heteroatoms. The largest absolute Gasteiger partial charge is 0.492 e. The van der Waals surface area contributed by atoms with E-state index in [0.717, 1.165) is 3.57 Å². The topological polar surface area (TPSA) is 9.23 Å². The van der Waals surface area contributed by atoms with Gasteiger partial charge in [0.1, 0.15) is 5.75 Å². The van der Waals surface area contributed by atoms with Gasteiger partial charge in [-0.25, -0.2) is 0 Å². The maximum atomic E-state index is 5.96. The van der Waals surface area contributed by atoms with Crippen molar-refractivity contribution in [3.8, 4) is 5.75 Å². The Labute approximate surface area is 95.1 Å². The predicted octanol–water partition coefficient (Wildman–Crippen LogP) is 4.00. The first kappa shape index (κ1) is 10.4. The van der Waals surface area contributed by atoms with Crippen molar-refractivity contribution in [3.05, 3.63) is 25.7 Å². The van der Waals surface area contributed by atoms with Crippen LogP contribution >= 0.6 is 45.8 Å². The van der Waals surface area contributed by atoms with Gasteiger partial charge in [-0.2, -0.15) is 0 Å². The molecule has 0 atom stereocenters. The molecule has 1 rings (SSSR count). The molecule has 0 aliphatic heterocycles. The number of ether oxygens (including phenoxy) is 1. The van der Waals surface area contributed by atoms with Crippen LogP contribution < -0.4 is 4.74 Å². The fourth-order valence-corrected chi connectivity index (χ4v) is 1.65. The molecule has 0 aliphatic rings. The fraction of sp³-hybridized carbons (Fsp3) is 0.250. The average Bonchev–Trinajstić information content (AvgIpc) is 2.07. The van der Waals surface area contributed by atoms with E-state index >= 15 is 0 Å². The minimum absolute atomic E-state index is 0.588. The SMILES string of the molecule is CCOc1ccc(Cl)c(I)c1Cl. The van der Waals surface area contributed by atoms with Gasteiger partial charge in [0.25, 0.3) is 0 Å². The van der Waals surface area contributed by atoms with E-state index in [1.165, 1.54) is 0 Å². The summed E-state index contributed by atoms with van der Waals surface area (Å²) in [5.41, 5.74) is 0. The molecule has 0 aromatic heterocycles. The van der Waals surface area contributed by atoms with Crippen LogP contribution in [0, 0.1) is 3.57 Å². The molecule has 0 saturated heterocycles. The maximum Gasteiger partial charge on any atom is 0.139 e. The molecule has 0 radical (unpaired) electrons. The van der Waals surface area contributed by atoms with Gasteiger partial charge in [0.05, 0.1) is 20.2 Å². The van der Waals surface area contributed by atoms with Crippen molar-refractivity contribution in [3.63, 3.8) is 0 Å². The number of halogens is 3. The lowest BCUT2D eigenvalue weighted by molar-refractivity contribution is 0.340. The first-order valence-corrected chi connectivity index (χ1v) is 5.26. The third-order valence-corrected chi connectivity index (χ3v) is 3.75. The number of hydrogen-bond acceptors (Lipinski definition) is 1. The second-order valence-corrected chi connectivity index (χ2v) is 3.97. The highest BCUT2D eigenvalue weighted by atomic mass is 127. The van der Waals surface area contributed by atoms with Gasteiger partial charge in [-0.05, 0) is 41.6 Å². The number of hydrogen-bond donors (Lipinski definition) is 0. The third kappa shape index (κ3) is 2.18. The van der Waals surface area contributed by atoms with Crippen molar-refractivity contribution in [2.75, 3.05) is 6.61 Å². The molecule has 66 valence electrons. The lowest BCUT2D eigenvalue weighted by atomic mass is 10.3. The lowest BCUT2D eigenvalue weighted by Crippen LogP contribution is -1.93. The number of benzene rings is 1. The second kappa shape index (κ2) is 4.53. The highest BCUT2D eigenvalue weighted by molar-refractivity contribution is 14.1. The zero-order valence-corrected chi connectivity index (χ0v) is 10.1. The summed E-state index contributed by atoms with van der Waals surface area (Å²) in [6, 6.07) is 3.55. The molecule has 0 spiro atoms. The molecule has 0 saturated carbocycles. The van der Waals surface area contributed by atoms with Crippen LogP contribution in [0.3, 0.4) is 0 Å². The minimum Gasteiger partial charge on any atom is -0.492 e. The van der Waals surface area contributed by atoms with Gasteiger partial charge < -0.3 is 4.74 Å². The van der Waals surface area contributed by atoms with E-state index in [0.29, 0.717) is 22.4 Å². The van der Waals surface area contributed by atoms with Crippen molar-refractivity contribution in [1.82, 2.24) is 0 Å². The van der Waals surface area contributed by atoms with Crippen molar-refractivity contribution in [2.45, 2.75) is 6.92 Å². The predicted molar refractivity (Wildman–Crippen MR) is 60.3 cm³/mol. The Balaban J connectivity index is 3.08. The van der Waals surface area contributed by atoms with Crippen LogP contribution in [0.15, 0.2) is 12.1 Å². The van der Waals surface area contributed by atoms with Gasteiger partial charge in [0.2, 0.25) is 0 Å². The summed E-state index contributed by atoms with van der Waals surface area (Å²) in [5.74, 6) is 0.688. The van der Waals surface area contributed by atoms with E-state index in [4.69, 9.17) is 27.9 Å². The van der Waals surface area contributed by atoms with Crippen LogP contribution in [-0.2, 0) is 0 Å². The molecule has 0 bridgehead atoms. The monoisotopic (exact) mass is 316 g/mol. The van der Waals surface area contributed by atoms with E-state index in [9.17, 15) is 0 Å². The molecule has 0 unspecified atom stereocenters. The smallest absolute Gasteiger partial charge is 0.139 e. The zero-order valence-electron chi connectivity index (χ0n) is 6.40. The minimum atomic E-state index is 0.588. The van der Waals surface area contributed by atoms with E-state index in [-0.39, 0.29) is 0 Å². The first-order valence-electron chi connectivity index (χ1n) is 3.43. The van der Waals surface area contributed by atoms with Gasteiger partial charge in [-0.3, -0.25) is 0 Å². The van der Waals surface area contributed by atoms with Crippen LogP contribution in [0.5, 0.6) is 5.75 Å². The molecule has 1 aromatic carbocycles. The van der Waals surface area contributed by atoms with Crippen molar-refractivity contribution >= 4 is 45.8 Å². The van der Waals surface area contributed by atoms with E-state index in [2.05, 4.69) is 22.6 Å². The Kier molecular flexibility index (Phi) is 3.93. The molecule has 0 aliphatic carbocycles. The molecule has 1 nitrogen and oxygen atoms in total. The molecule has 1 aromatic rings. The first-order chi connectivity index (χ1) is 5.66. The standard InChI is InChI=1S/C8H7Cl2IO/c1-2-12-6-4-3-5(9)8(11)7(6)10/h3-4H,2H2,1H3. The van der Waals surface area contributed by atoms with Crippen molar-refractivity contribution in [1.29, 1.82) is 0 Å². The summed E-state index contributed by atoms with van der Waals surface area (Å²) in [5, 5.41) is 1.24. The summed E-state index contributed by atoms with van der Waals surface area (Å²) < 4.78 is 6.11. The Hall–Kier alpha value is 0.330. The molecule has 0 N–H and O–H groups in total. The second-order valence-electron chi connectivity index (χ2n) is 2.11.